The molecule has 2 fully saturated rings. The number of carbonyl (C=O) groups excluding carboxylic acids is 2. The van der Waals surface area contributed by atoms with Gasteiger partial charge in [-0.1, -0.05) is 25.3 Å². The molecular weight excluding hydrogens is 316 g/mol. The summed E-state index contributed by atoms with van der Waals surface area (Å²) < 4.78 is 0. The normalized spacial score (nSPS) is 18.4. The molecule has 0 bridgehead atoms. The number of rotatable bonds is 6. The van der Waals surface area contributed by atoms with E-state index in [4.69, 9.17) is 0 Å². The van der Waals surface area contributed by atoms with Crippen molar-refractivity contribution in [1.82, 2.24) is 15.2 Å². The maximum atomic E-state index is 12.2. The summed E-state index contributed by atoms with van der Waals surface area (Å²) in [6, 6.07) is 4.45. The Balaban J connectivity index is 1.58. The second kappa shape index (κ2) is 8.32. The summed E-state index contributed by atoms with van der Waals surface area (Å²) in [5.41, 5.74) is 1.02. The standard InChI is InChI=1S/C19H28N4O2/c1-22(16-8-3-2-4-9-16)19-15(7-5-11-20-19)13-21-17(24)14-23-12-6-10-18(23)25/h5,7,11,16H,2-4,6,8-10,12-14H2,1H3,(H,21,24). The molecule has 6 nitrogen and oxygen atoms in total. The summed E-state index contributed by atoms with van der Waals surface area (Å²) in [5.74, 6) is 0.923. The molecule has 1 N–H and O–H groups in total. The van der Waals surface area contributed by atoms with E-state index < -0.39 is 0 Å². The van der Waals surface area contributed by atoms with Crippen molar-refractivity contribution in [1.29, 1.82) is 0 Å². The number of hydrogen-bond acceptors (Lipinski definition) is 4. The van der Waals surface area contributed by atoms with Crippen LogP contribution in [0, 0.1) is 0 Å². The van der Waals surface area contributed by atoms with Crippen LogP contribution in [0.4, 0.5) is 5.82 Å². The molecule has 3 rings (SSSR count). The Bertz CT molecular complexity index is 613. The Morgan fingerprint density at radius 1 is 1.32 bits per heavy atom. The molecule has 2 amide bonds. The molecular formula is C19H28N4O2. The lowest BCUT2D eigenvalue weighted by Crippen LogP contribution is -2.38. The number of nitrogens with zero attached hydrogens (tertiary/aromatic N) is 3. The molecule has 1 aliphatic heterocycles. The first-order valence-electron chi connectivity index (χ1n) is 9.36. The molecule has 2 aliphatic rings. The molecule has 1 saturated heterocycles. The van der Waals surface area contributed by atoms with Gasteiger partial charge in [0.25, 0.3) is 0 Å². The minimum atomic E-state index is -0.106. The summed E-state index contributed by atoms with van der Waals surface area (Å²) in [4.78, 5) is 32.3. The highest BCUT2D eigenvalue weighted by Crippen LogP contribution is 2.26. The SMILES string of the molecule is CN(c1ncccc1CNC(=O)CN1CCCC1=O)C1CCCCC1. The van der Waals surface area contributed by atoms with E-state index >= 15 is 0 Å². The molecule has 0 atom stereocenters. The first kappa shape index (κ1) is 17.7. The average molecular weight is 344 g/mol. The van der Waals surface area contributed by atoms with Crippen molar-refractivity contribution < 1.29 is 9.59 Å². The Labute approximate surface area is 149 Å². The molecule has 1 aromatic heterocycles. The zero-order valence-electron chi connectivity index (χ0n) is 15.0. The van der Waals surface area contributed by atoms with Crippen molar-refractivity contribution in [2.24, 2.45) is 0 Å². The number of likely N-dealkylation sites (tertiary alicyclic amines) is 1. The van der Waals surface area contributed by atoms with Crippen LogP contribution in [0.25, 0.3) is 0 Å². The fourth-order valence-corrected chi connectivity index (χ4v) is 3.82. The first-order valence-corrected chi connectivity index (χ1v) is 9.36. The van der Waals surface area contributed by atoms with Gasteiger partial charge in [0.15, 0.2) is 0 Å². The number of hydrogen-bond donors (Lipinski definition) is 1. The number of nitrogens with one attached hydrogen (secondary N) is 1. The van der Waals surface area contributed by atoms with Gasteiger partial charge in [0, 0.05) is 44.4 Å². The van der Waals surface area contributed by atoms with Gasteiger partial charge in [0.05, 0.1) is 6.54 Å². The lowest BCUT2D eigenvalue weighted by atomic mass is 9.94. The van der Waals surface area contributed by atoms with E-state index in [0.29, 0.717) is 25.6 Å². The average Bonchev–Trinajstić information content (AvgIpc) is 3.05. The van der Waals surface area contributed by atoms with Crippen LogP contribution in [-0.2, 0) is 16.1 Å². The van der Waals surface area contributed by atoms with Crippen LogP contribution in [0.1, 0.15) is 50.5 Å². The molecule has 1 aliphatic carbocycles. The number of pyridine rings is 1. The van der Waals surface area contributed by atoms with Crippen LogP contribution in [0.15, 0.2) is 18.3 Å². The zero-order chi connectivity index (χ0) is 17.6. The van der Waals surface area contributed by atoms with E-state index in [1.54, 1.807) is 4.90 Å². The van der Waals surface area contributed by atoms with Gasteiger partial charge in [-0.25, -0.2) is 4.98 Å². The molecule has 1 saturated carbocycles. The minimum absolute atomic E-state index is 0.0780. The second-order valence-corrected chi connectivity index (χ2v) is 7.08. The van der Waals surface area contributed by atoms with E-state index in [1.807, 2.05) is 18.3 Å². The molecule has 136 valence electrons. The van der Waals surface area contributed by atoms with Gasteiger partial charge < -0.3 is 15.1 Å². The van der Waals surface area contributed by atoms with E-state index in [0.717, 1.165) is 17.8 Å². The molecule has 25 heavy (non-hydrogen) atoms. The van der Waals surface area contributed by atoms with Gasteiger partial charge >= 0.3 is 0 Å². The predicted molar refractivity (Wildman–Crippen MR) is 97.2 cm³/mol. The Kier molecular flexibility index (Phi) is 5.89. The molecule has 2 heterocycles. The summed E-state index contributed by atoms with van der Waals surface area (Å²) in [6.07, 6.45) is 9.51. The number of amides is 2. The Hall–Kier alpha value is -2.11. The van der Waals surface area contributed by atoms with Crippen molar-refractivity contribution in [2.75, 3.05) is 25.0 Å². The van der Waals surface area contributed by atoms with Crippen LogP contribution >= 0.6 is 0 Å². The second-order valence-electron chi connectivity index (χ2n) is 7.08. The lowest BCUT2D eigenvalue weighted by molar-refractivity contribution is -0.133. The van der Waals surface area contributed by atoms with Crippen LogP contribution in [0.5, 0.6) is 0 Å². The minimum Gasteiger partial charge on any atom is -0.356 e. The molecule has 1 aromatic rings. The summed E-state index contributed by atoms with van der Waals surface area (Å²) in [7, 11) is 2.10. The van der Waals surface area contributed by atoms with Crippen molar-refractivity contribution in [3.8, 4) is 0 Å². The lowest BCUT2D eigenvalue weighted by Gasteiger charge is -2.33. The van der Waals surface area contributed by atoms with E-state index in [9.17, 15) is 9.59 Å². The maximum Gasteiger partial charge on any atom is 0.239 e. The number of carbonyl (C=O) groups is 2. The molecule has 0 aromatic carbocycles. The van der Waals surface area contributed by atoms with E-state index in [-0.39, 0.29) is 18.4 Å². The summed E-state index contributed by atoms with van der Waals surface area (Å²) in [6.45, 7) is 1.29. The van der Waals surface area contributed by atoms with Gasteiger partial charge in [0.1, 0.15) is 5.82 Å². The highest BCUT2D eigenvalue weighted by Gasteiger charge is 2.23. The van der Waals surface area contributed by atoms with Gasteiger partial charge in [0.2, 0.25) is 11.8 Å². The Morgan fingerprint density at radius 2 is 2.12 bits per heavy atom. The Morgan fingerprint density at radius 3 is 2.84 bits per heavy atom. The molecule has 6 heteroatoms. The summed E-state index contributed by atoms with van der Waals surface area (Å²) in [5, 5.41) is 2.95. The first-order chi connectivity index (χ1) is 12.1. The van der Waals surface area contributed by atoms with Crippen molar-refractivity contribution in [3.63, 3.8) is 0 Å². The smallest absolute Gasteiger partial charge is 0.239 e. The summed E-state index contributed by atoms with van der Waals surface area (Å²) >= 11 is 0. The highest BCUT2D eigenvalue weighted by atomic mass is 16.2. The van der Waals surface area contributed by atoms with Gasteiger partial charge in [-0.2, -0.15) is 0 Å². The van der Waals surface area contributed by atoms with Gasteiger partial charge in [-0.05, 0) is 25.3 Å². The van der Waals surface area contributed by atoms with Gasteiger partial charge in [-0.3, -0.25) is 9.59 Å². The molecule has 0 spiro atoms. The maximum absolute atomic E-state index is 12.2. The third kappa shape index (κ3) is 4.50. The van der Waals surface area contributed by atoms with Crippen LogP contribution < -0.4 is 10.2 Å². The molecule has 0 unspecified atom stereocenters. The quantitative estimate of drug-likeness (QED) is 0.858. The third-order valence-electron chi connectivity index (χ3n) is 5.31. The van der Waals surface area contributed by atoms with E-state index in [2.05, 4.69) is 22.2 Å². The third-order valence-corrected chi connectivity index (χ3v) is 5.31. The monoisotopic (exact) mass is 344 g/mol. The van der Waals surface area contributed by atoms with Crippen molar-refractivity contribution in [2.45, 2.75) is 57.5 Å². The van der Waals surface area contributed by atoms with Crippen LogP contribution in [0.3, 0.4) is 0 Å². The fraction of sp³-hybridized carbons (Fsp3) is 0.632. The van der Waals surface area contributed by atoms with Crippen molar-refractivity contribution in [3.05, 3.63) is 23.9 Å². The number of aromatic nitrogens is 1. The number of anilines is 1. The predicted octanol–water partition coefficient (Wildman–Crippen LogP) is 2.09. The fourth-order valence-electron chi connectivity index (χ4n) is 3.82. The van der Waals surface area contributed by atoms with Gasteiger partial charge in [-0.15, -0.1) is 0 Å². The highest BCUT2D eigenvalue weighted by molar-refractivity contribution is 5.85. The molecule has 0 radical (unpaired) electrons. The van der Waals surface area contributed by atoms with Crippen molar-refractivity contribution >= 4 is 17.6 Å². The largest absolute Gasteiger partial charge is 0.356 e. The van der Waals surface area contributed by atoms with Crippen LogP contribution in [-0.4, -0.2) is 47.9 Å². The van der Waals surface area contributed by atoms with E-state index in [1.165, 1.54) is 32.1 Å². The van der Waals surface area contributed by atoms with Crippen LogP contribution in [0.2, 0.25) is 0 Å². The topological polar surface area (TPSA) is 65.5 Å². The zero-order valence-corrected chi connectivity index (χ0v) is 15.0.